The Labute approximate surface area is 109 Å². The molecule has 1 aliphatic heterocycles. The van der Waals surface area contributed by atoms with Crippen LogP contribution in [-0.2, 0) is 9.53 Å². The topological polar surface area (TPSA) is 58.6 Å². The second kappa shape index (κ2) is 6.02. The van der Waals surface area contributed by atoms with Crippen LogP contribution in [0.5, 0.6) is 0 Å². The molecule has 18 heavy (non-hydrogen) atoms. The van der Waals surface area contributed by atoms with Crippen LogP contribution in [-0.4, -0.2) is 35.4 Å². The number of ether oxygens (including phenoxy) is 1. The lowest BCUT2D eigenvalue weighted by Crippen LogP contribution is -2.44. The van der Waals surface area contributed by atoms with Gasteiger partial charge < -0.3 is 15.2 Å². The number of nitrogens with one attached hydrogen (secondary N) is 1. The standard InChI is InChI=1S/C14H25NO3/c1-9-7-11(8-10(2)18-9)14(17)15-12-3-5-13(16)6-4-12/h9-13,16H,3-8H2,1-2H3,(H,15,17). The summed E-state index contributed by atoms with van der Waals surface area (Å²) in [6, 6.07) is 0.259. The van der Waals surface area contributed by atoms with E-state index in [2.05, 4.69) is 5.32 Å². The highest BCUT2D eigenvalue weighted by Crippen LogP contribution is 2.26. The van der Waals surface area contributed by atoms with Crippen molar-refractivity contribution in [2.24, 2.45) is 5.92 Å². The van der Waals surface area contributed by atoms with Gasteiger partial charge in [-0.1, -0.05) is 0 Å². The molecule has 0 bridgehead atoms. The van der Waals surface area contributed by atoms with Crippen LogP contribution in [0.1, 0.15) is 52.4 Å². The maximum Gasteiger partial charge on any atom is 0.223 e. The summed E-state index contributed by atoms with van der Waals surface area (Å²) in [5, 5.41) is 12.6. The SMILES string of the molecule is CC1CC(C(=O)NC2CCC(O)CC2)CC(C)O1. The molecule has 104 valence electrons. The van der Waals surface area contributed by atoms with Gasteiger partial charge in [0.2, 0.25) is 5.91 Å². The molecule has 1 aliphatic carbocycles. The molecule has 2 fully saturated rings. The molecule has 0 aromatic carbocycles. The van der Waals surface area contributed by atoms with Crippen molar-refractivity contribution in [1.82, 2.24) is 5.32 Å². The average molecular weight is 255 g/mol. The lowest BCUT2D eigenvalue weighted by Gasteiger charge is -2.33. The molecule has 0 aromatic heterocycles. The molecule has 0 radical (unpaired) electrons. The number of aliphatic hydroxyl groups excluding tert-OH is 1. The maximum absolute atomic E-state index is 12.2. The number of carbonyl (C=O) groups excluding carboxylic acids is 1. The molecular weight excluding hydrogens is 230 g/mol. The third-order valence-electron chi connectivity index (χ3n) is 4.11. The largest absolute Gasteiger partial charge is 0.393 e. The molecule has 2 atom stereocenters. The van der Waals surface area contributed by atoms with Crippen molar-refractivity contribution >= 4 is 5.91 Å². The molecular formula is C14H25NO3. The number of hydrogen-bond donors (Lipinski definition) is 2. The van der Waals surface area contributed by atoms with Gasteiger partial charge in [-0.15, -0.1) is 0 Å². The normalized spacial score (nSPS) is 41.4. The maximum atomic E-state index is 12.2. The van der Waals surface area contributed by atoms with Crippen LogP contribution in [0.25, 0.3) is 0 Å². The van der Waals surface area contributed by atoms with Crippen LogP contribution in [0.4, 0.5) is 0 Å². The lowest BCUT2D eigenvalue weighted by molar-refractivity contribution is -0.134. The number of hydrogen-bond acceptors (Lipinski definition) is 3. The van der Waals surface area contributed by atoms with Gasteiger partial charge >= 0.3 is 0 Å². The number of carbonyl (C=O) groups is 1. The number of amides is 1. The molecule has 1 amide bonds. The Balaban J connectivity index is 1.80. The van der Waals surface area contributed by atoms with Crippen molar-refractivity contribution in [3.05, 3.63) is 0 Å². The van der Waals surface area contributed by atoms with Crippen LogP contribution in [0, 0.1) is 5.92 Å². The molecule has 0 spiro atoms. The fourth-order valence-electron chi connectivity index (χ4n) is 3.16. The van der Waals surface area contributed by atoms with E-state index in [1.54, 1.807) is 0 Å². The predicted octanol–water partition coefficient (Wildman–Crippen LogP) is 1.61. The first-order valence-corrected chi connectivity index (χ1v) is 7.18. The van der Waals surface area contributed by atoms with Crippen molar-refractivity contribution in [1.29, 1.82) is 0 Å². The van der Waals surface area contributed by atoms with Crippen LogP contribution < -0.4 is 5.32 Å². The third kappa shape index (κ3) is 3.69. The molecule has 1 heterocycles. The molecule has 4 heteroatoms. The Kier molecular flexibility index (Phi) is 4.62. The van der Waals surface area contributed by atoms with E-state index in [0.717, 1.165) is 38.5 Å². The summed E-state index contributed by atoms with van der Waals surface area (Å²) in [4.78, 5) is 12.2. The second-order valence-electron chi connectivity index (χ2n) is 5.94. The van der Waals surface area contributed by atoms with E-state index in [0.29, 0.717) is 0 Å². The van der Waals surface area contributed by atoms with Crippen LogP contribution in [0.15, 0.2) is 0 Å². The van der Waals surface area contributed by atoms with Crippen molar-refractivity contribution in [2.75, 3.05) is 0 Å². The van der Waals surface area contributed by atoms with Crippen LogP contribution >= 0.6 is 0 Å². The van der Waals surface area contributed by atoms with E-state index in [1.165, 1.54) is 0 Å². The summed E-state index contributed by atoms with van der Waals surface area (Å²) >= 11 is 0. The second-order valence-corrected chi connectivity index (χ2v) is 5.94. The van der Waals surface area contributed by atoms with Crippen molar-refractivity contribution < 1.29 is 14.6 Å². The van der Waals surface area contributed by atoms with Gasteiger partial charge in [-0.25, -0.2) is 0 Å². The smallest absolute Gasteiger partial charge is 0.223 e. The van der Waals surface area contributed by atoms with Gasteiger partial charge in [0.15, 0.2) is 0 Å². The van der Waals surface area contributed by atoms with Gasteiger partial charge in [-0.2, -0.15) is 0 Å². The predicted molar refractivity (Wildman–Crippen MR) is 69.1 cm³/mol. The number of aliphatic hydroxyl groups is 1. The Morgan fingerprint density at radius 1 is 1.11 bits per heavy atom. The lowest BCUT2D eigenvalue weighted by atomic mass is 9.89. The molecule has 4 nitrogen and oxygen atoms in total. The first-order valence-electron chi connectivity index (χ1n) is 7.18. The molecule has 0 aromatic rings. The number of rotatable bonds is 2. The Bertz CT molecular complexity index is 277. The molecule has 2 rings (SSSR count). The van der Waals surface area contributed by atoms with E-state index in [4.69, 9.17) is 4.74 Å². The fraction of sp³-hybridized carbons (Fsp3) is 0.929. The van der Waals surface area contributed by atoms with E-state index in [1.807, 2.05) is 13.8 Å². The van der Waals surface area contributed by atoms with E-state index in [-0.39, 0.29) is 36.2 Å². The van der Waals surface area contributed by atoms with Crippen LogP contribution in [0.3, 0.4) is 0 Å². The third-order valence-corrected chi connectivity index (χ3v) is 4.11. The van der Waals surface area contributed by atoms with Gasteiger partial charge in [-0.05, 0) is 52.4 Å². The van der Waals surface area contributed by atoms with Gasteiger partial charge in [0.05, 0.1) is 18.3 Å². The van der Waals surface area contributed by atoms with Gasteiger partial charge in [0.1, 0.15) is 0 Å². The minimum atomic E-state index is -0.165. The summed E-state index contributed by atoms with van der Waals surface area (Å²) in [7, 11) is 0. The van der Waals surface area contributed by atoms with E-state index >= 15 is 0 Å². The minimum absolute atomic E-state index is 0.0931. The van der Waals surface area contributed by atoms with Crippen molar-refractivity contribution in [3.63, 3.8) is 0 Å². The first kappa shape index (κ1) is 13.8. The Morgan fingerprint density at radius 2 is 1.67 bits per heavy atom. The molecule has 2 aliphatic rings. The zero-order valence-corrected chi connectivity index (χ0v) is 11.4. The summed E-state index contributed by atoms with van der Waals surface area (Å²) in [5.74, 6) is 0.272. The van der Waals surface area contributed by atoms with Gasteiger partial charge in [0, 0.05) is 12.0 Å². The Hall–Kier alpha value is -0.610. The first-order chi connectivity index (χ1) is 8.54. The highest BCUT2D eigenvalue weighted by atomic mass is 16.5. The van der Waals surface area contributed by atoms with Gasteiger partial charge in [-0.3, -0.25) is 4.79 Å². The monoisotopic (exact) mass is 255 g/mol. The van der Waals surface area contributed by atoms with Gasteiger partial charge in [0.25, 0.3) is 0 Å². The van der Waals surface area contributed by atoms with Crippen molar-refractivity contribution in [3.8, 4) is 0 Å². The fourth-order valence-corrected chi connectivity index (χ4v) is 3.16. The molecule has 1 saturated heterocycles. The molecule has 1 saturated carbocycles. The molecule has 2 N–H and O–H groups in total. The summed E-state index contributed by atoms with van der Waals surface area (Å²) in [6.07, 6.45) is 5.27. The van der Waals surface area contributed by atoms with E-state index < -0.39 is 0 Å². The summed E-state index contributed by atoms with van der Waals surface area (Å²) in [6.45, 7) is 4.07. The average Bonchev–Trinajstić information content (AvgIpc) is 2.31. The zero-order chi connectivity index (χ0) is 13.1. The molecule has 2 unspecified atom stereocenters. The summed E-state index contributed by atoms with van der Waals surface area (Å²) < 4.78 is 5.66. The van der Waals surface area contributed by atoms with E-state index in [9.17, 15) is 9.90 Å². The summed E-state index contributed by atoms with van der Waals surface area (Å²) in [5.41, 5.74) is 0. The minimum Gasteiger partial charge on any atom is -0.393 e. The highest BCUT2D eigenvalue weighted by molar-refractivity contribution is 5.79. The Morgan fingerprint density at radius 3 is 2.22 bits per heavy atom. The van der Waals surface area contributed by atoms with Crippen LogP contribution in [0.2, 0.25) is 0 Å². The zero-order valence-electron chi connectivity index (χ0n) is 11.4. The highest BCUT2D eigenvalue weighted by Gasteiger charge is 2.31. The van der Waals surface area contributed by atoms with Crippen molar-refractivity contribution in [2.45, 2.75) is 76.7 Å². The quantitative estimate of drug-likeness (QED) is 0.788.